The number of fused-ring (bicyclic) bond motifs is 1. The quantitative estimate of drug-likeness (QED) is 0.891. The number of aromatic nitrogens is 1. The van der Waals surface area contributed by atoms with E-state index in [1.54, 1.807) is 6.20 Å². The molecular weight excluding hydrogens is 224 g/mol. The van der Waals surface area contributed by atoms with Crippen molar-refractivity contribution in [3.05, 3.63) is 29.6 Å². The summed E-state index contributed by atoms with van der Waals surface area (Å²) in [4.78, 5) is 17.2. The van der Waals surface area contributed by atoms with Gasteiger partial charge in [0.2, 0.25) is 0 Å². The van der Waals surface area contributed by atoms with Gasteiger partial charge in [-0.15, -0.1) is 0 Å². The van der Waals surface area contributed by atoms with E-state index in [1.807, 2.05) is 33.8 Å². The molecule has 0 amide bonds. The van der Waals surface area contributed by atoms with Gasteiger partial charge in [0.05, 0.1) is 11.6 Å². The van der Waals surface area contributed by atoms with Crippen LogP contribution in [0, 0.1) is 5.41 Å². The maximum atomic E-state index is 12.8. The molecule has 1 aromatic rings. The van der Waals surface area contributed by atoms with Crippen LogP contribution in [0.25, 0.3) is 0 Å². The normalized spacial score (nSPS) is 19.7. The summed E-state index contributed by atoms with van der Waals surface area (Å²) in [6.45, 7) is 7.71. The van der Waals surface area contributed by atoms with Gasteiger partial charge < -0.3 is 5.73 Å². The highest BCUT2D eigenvalue weighted by molar-refractivity contribution is 5.92. The number of hydrogen-bond donors (Lipinski definition) is 1. The topological polar surface area (TPSA) is 56.0 Å². The van der Waals surface area contributed by atoms with Crippen molar-refractivity contribution in [2.75, 3.05) is 0 Å². The summed E-state index contributed by atoms with van der Waals surface area (Å²) in [6, 6.07) is 4.00. The van der Waals surface area contributed by atoms with Crippen molar-refractivity contribution < 1.29 is 4.79 Å². The number of rotatable bonds is 3. The first kappa shape index (κ1) is 13.2. The molecule has 3 nitrogen and oxygen atoms in total. The average Bonchev–Trinajstić information content (AvgIpc) is 2.70. The van der Waals surface area contributed by atoms with Gasteiger partial charge in [0, 0.05) is 17.2 Å². The maximum absolute atomic E-state index is 12.8. The van der Waals surface area contributed by atoms with Crippen LogP contribution in [-0.4, -0.2) is 16.3 Å². The van der Waals surface area contributed by atoms with Gasteiger partial charge in [0.15, 0.2) is 0 Å². The van der Waals surface area contributed by atoms with Gasteiger partial charge in [-0.1, -0.05) is 19.9 Å². The smallest absolute Gasteiger partial charge is 0.149 e. The van der Waals surface area contributed by atoms with Crippen LogP contribution in [0.2, 0.25) is 0 Å². The first-order valence-corrected chi connectivity index (χ1v) is 6.52. The number of nitrogens with zero attached hydrogens (tertiary/aromatic N) is 1. The fourth-order valence-corrected chi connectivity index (χ4v) is 2.42. The van der Waals surface area contributed by atoms with Crippen molar-refractivity contribution in [3.63, 3.8) is 0 Å². The largest absolute Gasteiger partial charge is 0.325 e. The number of aryl methyl sites for hydroxylation is 1. The molecule has 2 N–H and O–H groups in total. The summed E-state index contributed by atoms with van der Waals surface area (Å²) in [7, 11) is 0. The molecular formula is C15H22N2O. The van der Waals surface area contributed by atoms with Crippen molar-refractivity contribution in [2.24, 2.45) is 11.1 Å². The molecule has 18 heavy (non-hydrogen) atoms. The molecule has 1 heterocycles. The Morgan fingerprint density at radius 2 is 2.06 bits per heavy atom. The van der Waals surface area contributed by atoms with Gasteiger partial charge in [0.25, 0.3) is 0 Å². The second-order valence-corrected chi connectivity index (χ2v) is 6.35. The van der Waals surface area contributed by atoms with Gasteiger partial charge >= 0.3 is 0 Å². The predicted octanol–water partition coefficient (Wildman–Crippen LogP) is 2.44. The molecule has 0 bridgehead atoms. The van der Waals surface area contributed by atoms with Gasteiger partial charge in [-0.25, -0.2) is 0 Å². The lowest BCUT2D eigenvalue weighted by Crippen LogP contribution is -2.53. The molecule has 98 valence electrons. The standard InChI is InChI=1S/C15H22N2O/c1-14(2,15(3,4)16)13(18)11-8-7-10-6-5-9-17-12(10)11/h5-6,9,11H,7-8,16H2,1-4H3. The second kappa shape index (κ2) is 4.16. The Morgan fingerprint density at radius 1 is 1.39 bits per heavy atom. The summed E-state index contributed by atoms with van der Waals surface area (Å²) in [6.07, 6.45) is 3.58. The Morgan fingerprint density at radius 3 is 2.67 bits per heavy atom. The first-order chi connectivity index (χ1) is 8.25. The molecule has 2 rings (SSSR count). The van der Waals surface area contributed by atoms with Crippen molar-refractivity contribution in [1.29, 1.82) is 0 Å². The van der Waals surface area contributed by atoms with Gasteiger partial charge in [-0.05, 0) is 38.3 Å². The van der Waals surface area contributed by atoms with E-state index in [4.69, 9.17) is 5.73 Å². The third-order valence-corrected chi connectivity index (χ3v) is 4.50. The lowest BCUT2D eigenvalue weighted by atomic mass is 9.68. The number of hydrogen-bond acceptors (Lipinski definition) is 3. The van der Waals surface area contributed by atoms with Crippen LogP contribution in [0.5, 0.6) is 0 Å². The SMILES string of the molecule is CC(C)(N)C(C)(C)C(=O)C1CCc2cccnc21. The summed E-state index contributed by atoms with van der Waals surface area (Å²) in [5.74, 6) is 0.131. The van der Waals surface area contributed by atoms with Crippen LogP contribution in [-0.2, 0) is 11.2 Å². The minimum absolute atomic E-state index is 0.0842. The number of nitrogens with two attached hydrogens (primary N) is 1. The monoisotopic (exact) mass is 246 g/mol. The molecule has 1 aromatic heterocycles. The fourth-order valence-electron chi connectivity index (χ4n) is 2.42. The van der Waals surface area contributed by atoms with Crippen LogP contribution < -0.4 is 5.73 Å². The maximum Gasteiger partial charge on any atom is 0.149 e. The summed E-state index contributed by atoms with van der Waals surface area (Å²) in [5.41, 5.74) is 7.26. The van der Waals surface area contributed by atoms with E-state index in [0.717, 1.165) is 18.5 Å². The lowest BCUT2D eigenvalue weighted by molar-refractivity contribution is -0.131. The Bertz CT molecular complexity index is 472. The summed E-state index contributed by atoms with van der Waals surface area (Å²) < 4.78 is 0. The summed E-state index contributed by atoms with van der Waals surface area (Å²) >= 11 is 0. The highest BCUT2D eigenvalue weighted by Crippen LogP contribution is 2.40. The van der Waals surface area contributed by atoms with Gasteiger partial charge in [-0.3, -0.25) is 9.78 Å². The Balaban J connectivity index is 2.33. The van der Waals surface area contributed by atoms with E-state index < -0.39 is 11.0 Å². The van der Waals surface area contributed by atoms with E-state index in [2.05, 4.69) is 11.1 Å². The van der Waals surface area contributed by atoms with Crippen molar-refractivity contribution in [3.8, 4) is 0 Å². The molecule has 0 aromatic carbocycles. The van der Waals surface area contributed by atoms with Crippen LogP contribution >= 0.6 is 0 Å². The fraction of sp³-hybridized carbons (Fsp3) is 0.600. The van der Waals surface area contributed by atoms with Crippen LogP contribution in [0.4, 0.5) is 0 Å². The van der Waals surface area contributed by atoms with Crippen molar-refractivity contribution in [2.45, 2.75) is 52.0 Å². The van der Waals surface area contributed by atoms with Crippen LogP contribution in [0.1, 0.15) is 51.3 Å². The summed E-state index contributed by atoms with van der Waals surface area (Å²) in [5, 5.41) is 0. The van der Waals surface area contributed by atoms with E-state index >= 15 is 0 Å². The Labute approximate surface area is 109 Å². The molecule has 0 saturated carbocycles. The zero-order valence-electron chi connectivity index (χ0n) is 11.7. The van der Waals surface area contributed by atoms with Crippen LogP contribution in [0.15, 0.2) is 18.3 Å². The number of carbonyl (C=O) groups is 1. The molecule has 3 heteroatoms. The highest BCUT2D eigenvalue weighted by atomic mass is 16.1. The van der Waals surface area contributed by atoms with Crippen LogP contribution in [0.3, 0.4) is 0 Å². The zero-order valence-corrected chi connectivity index (χ0v) is 11.7. The molecule has 0 saturated heterocycles. The third-order valence-electron chi connectivity index (χ3n) is 4.50. The number of pyridine rings is 1. The molecule has 1 aliphatic carbocycles. The molecule has 1 atom stereocenters. The third kappa shape index (κ3) is 1.97. The molecule has 0 spiro atoms. The average molecular weight is 246 g/mol. The van der Waals surface area contributed by atoms with E-state index in [-0.39, 0.29) is 11.7 Å². The van der Waals surface area contributed by atoms with E-state index in [1.165, 1.54) is 5.56 Å². The van der Waals surface area contributed by atoms with Gasteiger partial charge in [0.1, 0.15) is 5.78 Å². The Kier molecular flexibility index (Phi) is 3.06. The first-order valence-electron chi connectivity index (χ1n) is 6.52. The molecule has 1 unspecified atom stereocenters. The number of Topliss-reactive ketones (excluding diaryl/α,β-unsaturated/α-hetero) is 1. The van der Waals surface area contributed by atoms with Crippen molar-refractivity contribution >= 4 is 5.78 Å². The molecule has 1 aliphatic rings. The van der Waals surface area contributed by atoms with E-state index in [9.17, 15) is 4.79 Å². The minimum Gasteiger partial charge on any atom is -0.325 e. The molecule has 0 radical (unpaired) electrons. The number of carbonyl (C=O) groups excluding carboxylic acids is 1. The minimum atomic E-state index is -0.545. The highest BCUT2D eigenvalue weighted by Gasteiger charge is 2.45. The number of ketones is 1. The zero-order chi connectivity index (χ0) is 13.6. The van der Waals surface area contributed by atoms with E-state index in [0.29, 0.717) is 0 Å². The Hall–Kier alpha value is -1.22. The predicted molar refractivity (Wildman–Crippen MR) is 72.4 cm³/mol. The lowest BCUT2D eigenvalue weighted by Gasteiger charge is -2.38. The molecule has 0 aliphatic heterocycles. The second-order valence-electron chi connectivity index (χ2n) is 6.35. The van der Waals surface area contributed by atoms with Gasteiger partial charge in [-0.2, -0.15) is 0 Å². The van der Waals surface area contributed by atoms with Crippen molar-refractivity contribution in [1.82, 2.24) is 4.98 Å². The molecule has 0 fully saturated rings.